The summed E-state index contributed by atoms with van der Waals surface area (Å²) in [6.07, 6.45) is 4.01. The van der Waals surface area contributed by atoms with Crippen molar-refractivity contribution in [2.24, 2.45) is 0 Å². The van der Waals surface area contributed by atoms with E-state index in [1.54, 1.807) is 18.2 Å². The van der Waals surface area contributed by atoms with Gasteiger partial charge in [-0.2, -0.15) is 17.4 Å². The number of phenolic OH excluding ortho intramolecular Hbond substituents is 1. The van der Waals surface area contributed by atoms with Crippen molar-refractivity contribution in [3.8, 4) is 5.75 Å². The highest BCUT2D eigenvalue weighted by Crippen LogP contribution is 2.38. The van der Waals surface area contributed by atoms with E-state index in [1.165, 1.54) is 6.07 Å². The molecule has 2 heterocycles. The van der Waals surface area contributed by atoms with Crippen LogP contribution in [0.2, 0.25) is 0 Å². The molecule has 0 radical (unpaired) electrons. The Morgan fingerprint density at radius 2 is 1.79 bits per heavy atom. The summed E-state index contributed by atoms with van der Waals surface area (Å²) in [5.74, 6) is -2.50. The Morgan fingerprint density at radius 1 is 1.05 bits per heavy atom. The van der Waals surface area contributed by atoms with E-state index >= 15 is 4.39 Å². The summed E-state index contributed by atoms with van der Waals surface area (Å²) in [6, 6.07) is 16.0. The number of piperazine rings is 1. The highest BCUT2D eigenvalue weighted by atomic mass is 32.2. The van der Waals surface area contributed by atoms with Gasteiger partial charge >= 0.3 is 10.2 Å². The molecule has 0 bridgehead atoms. The molecule has 0 aromatic heterocycles. The first kappa shape index (κ1) is 25.8. The Kier molecular flexibility index (Phi) is 7.15. The third kappa shape index (κ3) is 5.26. The van der Waals surface area contributed by atoms with Gasteiger partial charge in [0.15, 0.2) is 5.82 Å². The van der Waals surface area contributed by atoms with E-state index in [1.807, 2.05) is 52.1 Å². The number of halogens is 1. The predicted octanol–water partition coefficient (Wildman–Crippen LogP) is 2.27. The SMILES string of the molecule is O=C(/C=C/c1ccccc1)N1CCN(CCc2ccc3cc(O)c(N4C(=O)CNS4(=O)=O)c(F)c3c2)CC1. The maximum Gasteiger partial charge on any atom is 0.308 e. The molecule has 0 spiro atoms. The van der Waals surface area contributed by atoms with Crippen LogP contribution >= 0.6 is 0 Å². The molecule has 198 valence electrons. The van der Waals surface area contributed by atoms with Gasteiger partial charge in [0.25, 0.3) is 5.91 Å². The molecule has 0 aliphatic carbocycles. The maximum absolute atomic E-state index is 15.5. The second-order valence-corrected chi connectivity index (χ2v) is 10.9. The number of amides is 2. The van der Waals surface area contributed by atoms with Gasteiger partial charge in [0.1, 0.15) is 11.4 Å². The summed E-state index contributed by atoms with van der Waals surface area (Å²) in [7, 11) is -4.27. The number of hydrogen-bond acceptors (Lipinski definition) is 6. The van der Waals surface area contributed by atoms with E-state index in [0.717, 1.165) is 11.1 Å². The zero-order valence-electron chi connectivity index (χ0n) is 20.5. The first-order chi connectivity index (χ1) is 18.2. The van der Waals surface area contributed by atoms with E-state index in [4.69, 9.17) is 0 Å². The molecule has 2 saturated heterocycles. The number of benzene rings is 3. The average Bonchev–Trinajstić information content (AvgIpc) is 3.19. The van der Waals surface area contributed by atoms with Crippen molar-refractivity contribution in [1.82, 2.24) is 14.5 Å². The Morgan fingerprint density at radius 3 is 2.47 bits per heavy atom. The molecule has 2 aliphatic rings. The normalized spacial score (nSPS) is 18.1. The lowest BCUT2D eigenvalue weighted by molar-refractivity contribution is -0.127. The molecular weight excluding hydrogens is 511 g/mol. The van der Waals surface area contributed by atoms with Crippen LogP contribution in [-0.4, -0.2) is 74.4 Å². The minimum Gasteiger partial charge on any atom is -0.506 e. The number of fused-ring (bicyclic) bond motifs is 1. The van der Waals surface area contributed by atoms with Gasteiger partial charge in [-0.1, -0.05) is 42.5 Å². The van der Waals surface area contributed by atoms with Gasteiger partial charge in [-0.25, -0.2) is 4.39 Å². The number of anilines is 1. The van der Waals surface area contributed by atoms with Gasteiger partial charge in [0.2, 0.25) is 5.91 Å². The van der Waals surface area contributed by atoms with Crippen molar-refractivity contribution in [3.63, 3.8) is 0 Å². The molecule has 38 heavy (non-hydrogen) atoms. The van der Waals surface area contributed by atoms with E-state index in [2.05, 4.69) is 4.90 Å². The van der Waals surface area contributed by atoms with Crippen molar-refractivity contribution >= 4 is 44.6 Å². The van der Waals surface area contributed by atoms with E-state index in [9.17, 15) is 23.1 Å². The second kappa shape index (κ2) is 10.5. The molecule has 0 saturated carbocycles. The lowest BCUT2D eigenvalue weighted by Crippen LogP contribution is -2.48. The van der Waals surface area contributed by atoms with Crippen LogP contribution in [0.25, 0.3) is 16.8 Å². The quantitative estimate of drug-likeness (QED) is 0.466. The number of nitrogens with zero attached hydrogens (tertiary/aromatic N) is 3. The van der Waals surface area contributed by atoms with Crippen LogP contribution in [0.5, 0.6) is 5.75 Å². The van der Waals surface area contributed by atoms with Crippen LogP contribution in [0.15, 0.2) is 60.7 Å². The first-order valence-electron chi connectivity index (χ1n) is 12.2. The largest absolute Gasteiger partial charge is 0.506 e. The topological polar surface area (TPSA) is 110 Å². The third-order valence-corrected chi connectivity index (χ3v) is 8.17. The van der Waals surface area contributed by atoms with Gasteiger partial charge < -0.3 is 10.0 Å². The van der Waals surface area contributed by atoms with Crippen molar-refractivity contribution in [2.75, 3.05) is 43.6 Å². The van der Waals surface area contributed by atoms with Crippen LogP contribution < -0.4 is 9.03 Å². The molecule has 5 rings (SSSR count). The van der Waals surface area contributed by atoms with Gasteiger partial charge in [-0.05, 0) is 41.1 Å². The summed E-state index contributed by atoms with van der Waals surface area (Å²) in [6.45, 7) is 2.85. The molecule has 9 nitrogen and oxygen atoms in total. The highest BCUT2D eigenvalue weighted by Gasteiger charge is 2.39. The Bertz CT molecular complexity index is 1520. The van der Waals surface area contributed by atoms with Gasteiger partial charge in [0, 0.05) is 44.2 Å². The molecular formula is C27H27FN4O5S. The number of phenols is 1. The van der Waals surface area contributed by atoms with Crippen LogP contribution in [0.1, 0.15) is 11.1 Å². The van der Waals surface area contributed by atoms with E-state index in [-0.39, 0.29) is 15.6 Å². The fraction of sp³-hybridized carbons (Fsp3) is 0.259. The first-order valence-corrected chi connectivity index (χ1v) is 13.7. The molecule has 3 aromatic carbocycles. The molecule has 0 atom stereocenters. The Balaban J connectivity index is 1.23. The number of aromatic hydroxyl groups is 1. The van der Waals surface area contributed by atoms with Gasteiger partial charge in [-0.3, -0.25) is 14.5 Å². The van der Waals surface area contributed by atoms with Crippen LogP contribution in [0.4, 0.5) is 10.1 Å². The molecule has 2 aliphatic heterocycles. The maximum atomic E-state index is 15.5. The lowest BCUT2D eigenvalue weighted by Gasteiger charge is -2.34. The Hall–Kier alpha value is -3.80. The average molecular weight is 539 g/mol. The van der Waals surface area contributed by atoms with Crippen molar-refractivity contribution in [2.45, 2.75) is 6.42 Å². The summed E-state index contributed by atoms with van der Waals surface area (Å²) in [5.41, 5.74) is 1.12. The van der Waals surface area contributed by atoms with E-state index < -0.39 is 39.9 Å². The molecule has 2 N–H and O–H groups in total. The van der Waals surface area contributed by atoms with Crippen LogP contribution in [-0.2, 0) is 26.2 Å². The molecule has 3 aromatic rings. The van der Waals surface area contributed by atoms with Crippen molar-refractivity contribution in [3.05, 3.63) is 77.6 Å². The fourth-order valence-electron chi connectivity index (χ4n) is 4.71. The monoisotopic (exact) mass is 538 g/mol. The molecule has 2 fully saturated rings. The smallest absolute Gasteiger partial charge is 0.308 e. The number of rotatable bonds is 6. The molecule has 11 heteroatoms. The third-order valence-electron chi connectivity index (χ3n) is 6.79. The zero-order chi connectivity index (χ0) is 26.9. The summed E-state index contributed by atoms with van der Waals surface area (Å²) >= 11 is 0. The second-order valence-electron chi connectivity index (χ2n) is 9.26. The summed E-state index contributed by atoms with van der Waals surface area (Å²) < 4.78 is 42.2. The minimum absolute atomic E-state index is 0.0220. The standard InChI is InChI=1S/C27H27FN4O5S/c28-26-22-16-20(6-8-21(22)17-23(33)27(26)32-25(35)18-29-38(32,36)37)10-11-30-12-14-31(15-13-30)24(34)9-7-19-4-2-1-3-5-19/h1-9,16-17,29,33H,10-15,18H2/b9-7+. The van der Waals surface area contributed by atoms with Gasteiger partial charge in [0.05, 0.1) is 6.54 Å². The van der Waals surface area contributed by atoms with Crippen LogP contribution in [0, 0.1) is 5.82 Å². The Labute approximate surface area is 219 Å². The number of hydrogen-bond donors (Lipinski definition) is 2. The summed E-state index contributed by atoms with van der Waals surface area (Å²) in [4.78, 5) is 28.7. The molecule has 0 unspecified atom stereocenters. The number of carbonyl (C=O) groups excluding carboxylic acids is 2. The number of carbonyl (C=O) groups is 2. The minimum atomic E-state index is -4.27. The van der Waals surface area contributed by atoms with E-state index in [0.29, 0.717) is 44.5 Å². The predicted molar refractivity (Wildman–Crippen MR) is 142 cm³/mol. The zero-order valence-corrected chi connectivity index (χ0v) is 21.3. The van der Waals surface area contributed by atoms with Crippen LogP contribution in [0.3, 0.4) is 0 Å². The summed E-state index contributed by atoms with van der Waals surface area (Å²) in [5, 5.41) is 10.8. The highest BCUT2D eigenvalue weighted by molar-refractivity contribution is 7.92. The van der Waals surface area contributed by atoms with Crippen molar-refractivity contribution < 1.29 is 27.5 Å². The lowest BCUT2D eigenvalue weighted by atomic mass is 10.0. The fourth-order valence-corrected chi connectivity index (χ4v) is 5.89. The van der Waals surface area contributed by atoms with Gasteiger partial charge in [-0.15, -0.1) is 0 Å². The number of nitrogens with one attached hydrogen (secondary N) is 1. The van der Waals surface area contributed by atoms with Crippen molar-refractivity contribution in [1.29, 1.82) is 0 Å². The molecule has 2 amide bonds.